The maximum absolute atomic E-state index is 3.87. The van der Waals surface area contributed by atoms with Crippen molar-refractivity contribution < 1.29 is 0 Å². The molecule has 0 saturated heterocycles. The topological polar surface area (TPSA) is 4.93 Å². The van der Waals surface area contributed by atoms with Crippen LogP contribution in [-0.4, -0.2) is 4.57 Å². The van der Waals surface area contributed by atoms with Crippen molar-refractivity contribution in [2.75, 3.05) is 0 Å². The summed E-state index contributed by atoms with van der Waals surface area (Å²) >= 11 is 0. The SMILES string of the molecule is C=Cc1cc(C)n(Cc2cccc(CC)c2)c1C. The Morgan fingerprint density at radius 3 is 2.50 bits per heavy atom. The van der Waals surface area contributed by atoms with Gasteiger partial charge in [0.25, 0.3) is 0 Å². The maximum Gasteiger partial charge on any atom is 0.0475 e. The van der Waals surface area contributed by atoms with Gasteiger partial charge in [-0.15, -0.1) is 0 Å². The molecule has 0 aliphatic heterocycles. The lowest BCUT2D eigenvalue weighted by Gasteiger charge is -2.10. The Balaban J connectivity index is 2.33. The monoisotopic (exact) mass is 239 g/mol. The van der Waals surface area contributed by atoms with Crippen LogP contribution in [0.4, 0.5) is 0 Å². The fraction of sp³-hybridized carbons (Fsp3) is 0.294. The molecule has 0 bridgehead atoms. The predicted octanol–water partition coefficient (Wildman–Crippen LogP) is 4.36. The first-order chi connectivity index (χ1) is 8.65. The molecular weight excluding hydrogens is 218 g/mol. The molecule has 0 aliphatic rings. The van der Waals surface area contributed by atoms with E-state index in [0.717, 1.165) is 13.0 Å². The summed E-state index contributed by atoms with van der Waals surface area (Å²) in [6.45, 7) is 11.3. The van der Waals surface area contributed by atoms with Gasteiger partial charge in [0.15, 0.2) is 0 Å². The number of benzene rings is 1. The van der Waals surface area contributed by atoms with E-state index < -0.39 is 0 Å². The zero-order valence-corrected chi connectivity index (χ0v) is 11.5. The van der Waals surface area contributed by atoms with Crippen LogP contribution in [0.3, 0.4) is 0 Å². The van der Waals surface area contributed by atoms with Crippen molar-refractivity contribution in [3.63, 3.8) is 0 Å². The Morgan fingerprint density at radius 1 is 1.17 bits per heavy atom. The van der Waals surface area contributed by atoms with Crippen molar-refractivity contribution in [3.05, 3.63) is 65.0 Å². The summed E-state index contributed by atoms with van der Waals surface area (Å²) in [5, 5.41) is 0. The van der Waals surface area contributed by atoms with Crippen LogP contribution in [0.1, 0.15) is 35.0 Å². The second-order valence-corrected chi connectivity index (χ2v) is 4.79. The van der Waals surface area contributed by atoms with Gasteiger partial charge in [0.2, 0.25) is 0 Å². The third-order valence-corrected chi connectivity index (χ3v) is 3.57. The molecule has 18 heavy (non-hydrogen) atoms. The summed E-state index contributed by atoms with van der Waals surface area (Å²) < 4.78 is 2.35. The zero-order chi connectivity index (χ0) is 13.1. The number of hydrogen-bond acceptors (Lipinski definition) is 0. The highest BCUT2D eigenvalue weighted by molar-refractivity contribution is 5.51. The lowest BCUT2D eigenvalue weighted by atomic mass is 10.1. The molecule has 94 valence electrons. The minimum Gasteiger partial charge on any atom is -0.344 e. The summed E-state index contributed by atoms with van der Waals surface area (Å²) in [6, 6.07) is 11.0. The second-order valence-electron chi connectivity index (χ2n) is 4.79. The van der Waals surface area contributed by atoms with E-state index in [1.807, 2.05) is 6.08 Å². The van der Waals surface area contributed by atoms with E-state index in [1.165, 1.54) is 28.1 Å². The predicted molar refractivity (Wildman–Crippen MR) is 78.9 cm³/mol. The molecule has 1 heterocycles. The van der Waals surface area contributed by atoms with Gasteiger partial charge in [0, 0.05) is 17.9 Å². The van der Waals surface area contributed by atoms with Crippen LogP contribution >= 0.6 is 0 Å². The molecule has 0 aliphatic carbocycles. The van der Waals surface area contributed by atoms with Crippen LogP contribution in [0.15, 0.2) is 36.9 Å². The second kappa shape index (κ2) is 5.26. The van der Waals surface area contributed by atoms with Crippen molar-refractivity contribution in [2.45, 2.75) is 33.7 Å². The van der Waals surface area contributed by atoms with Crippen LogP contribution in [0.2, 0.25) is 0 Å². The normalized spacial score (nSPS) is 10.6. The van der Waals surface area contributed by atoms with Crippen molar-refractivity contribution in [2.24, 2.45) is 0 Å². The number of rotatable bonds is 4. The van der Waals surface area contributed by atoms with E-state index in [0.29, 0.717) is 0 Å². The first-order valence-electron chi connectivity index (χ1n) is 6.52. The molecule has 0 fully saturated rings. The molecule has 0 atom stereocenters. The van der Waals surface area contributed by atoms with Gasteiger partial charge >= 0.3 is 0 Å². The highest BCUT2D eigenvalue weighted by Gasteiger charge is 2.07. The van der Waals surface area contributed by atoms with Gasteiger partial charge in [-0.1, -0.05) is 43.8 Å². The molecule has 0 spiro atoms. The molecule has 1 heteroatoms. The number of hydrogen-bond donors (Lipinski definition) is 0. The Kier molecular flexibility index (Phi) is 3.71. The molecule has 0 amide bonds. The van der Waals surface area contributed by atoms with Gasteiger partial charge in [-0.25, -0.2) is 0 Å². The first-order valence-corrected chi connectivity index (χ1v) is 6.52. The van der Waals surface area contributed by atoms with Crippen molar-refractivity contribution in [1.29, 1.82) is 0 Å². The molecule has 0 radical (unpaired) electrons. The largest absolute Gasteiger partial charge is 0.344 e. The van der Waals surface area contributed by atoms with E-state index in [4.69, 9.17) is 0 Å². The molecule has 0 N–H and O–H groups in total. The zero-order valence-electron chi connectivity index (χ0n) is 11.5. The lowest BCUT2D eigenvalue weighted by Crippen LogP contribution is -2.04. The van der Waals surface area contributed by atoms with Crippen LogP contribution in [-0.2, 0) is 13.0 Å². The number of aromatic nitrogens is 1. The Labute approximate surface area is 110 Å². The third kappa shape index (κ3) is 2.40. The van der Waals surface area contributed by atoms with Crippen molar-refractivity contribution in [1.82, 2.24) is 4.57 Å². The fourth-order valence-electron chi connectivity index (χ4n) is 2.41. The Morgan fingerprint density at radius 2 is 1.89 bits per heavy atom. The Bertz CT molecular complexity index is 561. The van der Waals surface area contributed by atoms with E-state index in [2.05, 4.69) is 62.2 Å². The molecule has 1 aromatic heterocycles. The van der Waals surface area contributed by atoms with E-state index >= 15 is 0 Å². The van der Waals surface area contributed by atoms with Gasteiger partial charge in [0.05, 0.1) is 0 Å². The molecule has 2 rings (SSSR count). The lowest BCUT2D eigenvalue weighted by molar-refractivity contribution is 0.748. The summed E-state index contributed by atoms with van der Waals surface area (Å²) in [4.78, 5) is 0. The first kappa shape index (κ1) is 12.7. The summed E-state index contributed by atoms with van der Waals surface area (Å²) in [5.74, 6) is 0. The average molecular weight is 239 g/mol. The highest BCUT2D eigenvalue weighted by atomic mass is 15.0. The van der Waals surface area contributed by atoms with Crippen LogP contribution in [0, 0.1) is 13.8 Å². The van der Waals surface area contributed by atoms with Crippen LogP contribution in [0.5, 0.6) is 0 Å². The van der Waals surface area contributed by atoms with Gasteiger partial charge in [-0.05, 0) is 43.0 Å². The number of aryl methyl sites for hydroxylation is 2. The smallest absolute Gasteiger partial charge is 0.0475 e. The molecule has 1 nitrogen and oxygen atoms in total. The summed E-state index contributed by atoms with van der Waals surface area (Å²) in [5.41, 5.74) is 6.60. The minimum atomic E-state index is 0.944. The third-order valence-electron chi connectivity index (χ3n) is 3.57. The molecule has 1 aromatic carbocycles. The average Bonchev–Trinajstić information content (AvgIpc) is 2.66. The highest BCUT2D eigenvalue weighted by Crippen LogP contribution is 2.18. The van der Waals surface area contributed by atoms with Gasteiger partial charge in [-0.2, -0.15) is 0 Å². The van der Waals surface area contributed by atoms with Gasteiger partial charge in [0.1, 0.15) is 0 Å². The van der Waals surface area contributed by atoms with Crippen LogP contribution < -0.4 is 0 Å². The molecule has 0 unspecified atom stereocenters. The van der Waals surface area contributed by atoms with E-state index in [-0.39, 0.29) is 0 Å². The molecular formula is C17H21N. The van der Waals surface area contributed by atoms with Crippen molar-refractivity contribution >= 4 is 6.08 Å². The minimum absolute atomic E-state index is 0.944. The summed E-state index contributed by atoms with van der Waals surface area (Å²) in [7, 11) is 0. The molecule has 2 aromatic rings. The molecule has 0 saturated carbocycles. The van der Waals surface area contributed by atoms with Crippen LogP contribution in [0.25, 0.3) is 6.08 Å². The van der Waals surface area contributed by atoms with E-state index in [9.17, 15) is 0 Å². The standard InChI is InChI=1S/C17H21N/c1-5-15-8-7-9-16(11-15)12-18-13(3)10-17(6-2)14(18)4/h6-11H,2,5,12H2,1,3-4H3. The maximum atomic E-state index is 3.87. The van der Waals surface area contributed by atoms with E-state index in [1.54, 1.807) is 0 Å². The number of nitrogens with zero attached hydrogens (tertiary/aromatic N) is 1. The quantitative estimate of drug-likeness (QED) is 0.747. The fourth-order valence-corrected chi connectivity index (χ4v) is 2.41. The van der Waals surface area contributed by atoms with Gasteiger partial charge < -0.3 is 4.57 Å². The van der Waals surface area contributed by atoms with Crippen molar-refractivity contribution in [3.8, 4) is 0 Å². The Hall–Kier alpha value is -1.76. The van der Waals surface area contributed by atoms with Gasteiger partial charge in [-0.3, -0.25) is 0 Å². The summed E-state index contributed by atoms with van der Waals surface area (Å²) in [6.07, 6.45) is 3.02.